The molecule has 0 aromatic rings. The standard InChI is InChI=1S/C22H32O2/c1-22(9-5-3-2-4-6-10-22)24-21(23)18-13-16-12-17(18)20-15-8-7-14(11-15)19(16)20/h7-8,14-20H,2-6,9-13H2,1H3. The van der Waals surface area contributed by atoms with Crippen molar-refractivity contribution in [3.8, 4) is 0 Å². The fourth-order valence-corrected chi connectivity index (χ4v) is 7.36. The Morgan fingerprint density at radius 3 is 2.33 bits per heavy atom. The normalized spacial score (nSPS) is 48.1. The molecule has 0 amide bonds. The molecular weight excluding hydrogens is 296 g/mol. The van der Waals surface area contributed by atoms with Gasteiger partial charge in [-0.3, -0.25) is 4.79 Å². The minimum Gasteiger partial charge on any atom is -0.459 e. The lowest BCUT2D eigenvalue weighted by Gasteiger charge is -2.38. The van der Waals surface area contributed by atoms with Gasteiger partial charge in [-0.05, 0) is 87.4 Å². The Morgan fingerprint density at radius 1 is 0.917 bits per heavy atom. The van der Waals surface area contributed by atoms with Crippen molar-refractivity contribution in [1.82, 2.24) is 0 Å². The fourth-order valence-electron chi connectivity index (χ4n) is 7.36. The molecule has 7 unspecified atom stereocenters. The van der Waals surface area contributed by atoms with Gasteiger partial charge in [0.05, 0.1) is 5.92 Å². The number of carbonyl (C=O) groups is 1. The predicted molar refractivity (Wildman–Crippen MR) is 94.2 cm³/mol. The van der Waals surface area contributed by atoms with E-state index in [1.165, 1.54) is 44.9 Å². The van der Waals surface area contributed by atoms with Gasteiger partial charge in [0.1, 0.15) is 5.60 Å². The SMILES string of the molecule is CC1(OC(=O)C2CC3CC2C2C4C=CC(C4)C32)CCCCCCC1. The molecule has 5 aliphatic carbocycles. The summed E-state index contributed by atoms with van der Waals surface area (Å²) in [5, 5.41) is 0. The van der Waals surface area contributed by atoms with Crippen LogP contribution in [-0.2, 0) is 9.53 Å². The van der Waals surface area contributed by atoms with Crippen molar-refractivity contribution < 1.29 is 9.53 Å². The molecule has 5 aliphatic rings. The third-order valence-electron chi connectivity index (χ3n) is 8.33. The van der Waals surface area contributed by atoms with E-state index in [9.17, 15) is 4.79 Å². The molecule has 0 spiro atoms. The Hall–Kier alpha value is -0.790. The molecule has 7 atom stereocenters. The van der Waals surface area contributed by atoms with Crippen LogP contribution in [0.5, 0.6) is 0 Å². The summed E-state index contributed by atoms with van der Waals surface area (Å²) < 4.78 is 6.22. The first-order valence-corrected chi connectivity index (χ1v) is 10.6. The van der Waals surface area contributed by atoms with Gasteiger partial charge in [0.25, 0.3) is 0 Å². The topological polar surface area (TPSA) is 26.3 Å². The molecule has 132 valence electrons. The van der Waals surface area contributed by atoms with Crippen LogP contribution in [0.3, 0.4) is 0 Å². The van der Waals surface area contributed by atoms with Crippen LogP contribution in [0.15, 0.2) is 12.2 Å². The summed E-state index contributed by atoms with van der Waals surface area (Å²) >= 11 is 0. The van der Waals surface area contributed by atoms with Gasteiger partial charge in [-0.2, -0.15) is 0 Å². The molecular formula is C22H32O2. The molecule has 0 heterocycles. The Labute approximate surface area is 146 Å². The van der Waals surface area contributed by atoms with Gasteiger partial charge in [-0.15, -0.1) is 0 Å². The maximum Gasteiger partial charge on any atom is 0.309 e. The van der Waals surface area contributed by atoms with Crippen LogP contribution >= 0.6 is 0 Å². The van der Waals surface area contributed by atoms with E-state index in [0.29, 0.717) is 5.92 Å². The lowest BCUT2D eigenvalue weighted by molar-refractivity contribution is -0.168. The van der Waals surface area contributed by atoms with Gasteiger partial charge in [0, 0.05) is 0 Å². The number of rotatable bonds is 2. The summed E-state index contributed by atoms with van der Waals surface area (Å²) in [4.78, 5) is 13.1. The summed E-state index contributed by atoms with van der Waals surface area (Å²) in [6.45, 7) is 2.20. The van der Waals surface area contributed by atoms with Crippen molar-refractivity contribution in [2.45, 2.75) is 76.7 Å². The predicted octanol–water partition coefficient (Wildman–Crippen LogP) is 5.13. The van der Waals surface area contributed by atoms with Crippen molar-refractivity contribution >= 4 is 5.97 Å². The van der Waals surface area contributed by atoms with Crippen LogP contribution in [0.2, 0.25) is 0 Å². The smallest absolute Gasteiger partial charge is 0.309 e. The Bertz CT molecular complexity index is 542. The zero-order valence-corrected chi connectivity index (χ0v) is 15.1. The highest BCUT2D eigenvalue weighted by Gasteiger charge is 2.62. The summed E-state index contributed by atoms with van der Waals surface area (Å²) in [5.41, 5.74) is -0.187. The molecule has 4 fully saturated rings. The second kappa shape index (κ2) is 5.61. The van der Waals surface area contributed by atoms with Crippen molar-refractivity contribution in [2.75, 3.05) is 0 Å². The van der Waals surface area contributed by atoms with E-state index in [1.807, 2.05) is 0 Å². The lowest BCUT2D eigenvalue weighted by atomic mass is 9.69. The van der Waals surface area contributed by atoms with E-state index >= 15 is 0 Å². The lowest BCUT2D eigenvalue weighted by Crippen LogP contribution is -2.40. The highest BCUT2D eigenvalue weighted by Crippen LogP contribution is 2.67. The number of carbonyl (C=O) groups excluding carboxylic acids is 1. The number of ether oxygens (including phenoxy) is 1. The molecule has 2 heteroatoms. The van der Waals surface area contributed by atoms with Crippen LogP contribution in [0.25, 0.3) is 0 Å². The number of esters is 1. The van der Waals surface area contributed by atoms with Crippen LogP contribution in [0, 0.1) is 41.4 Å². The summed E-state index contributed by atoms with van der Waals surface area (Å²) in [6.07, 6.45) is 17.3. The molecule has 0 radical (unpaired) electrons. The van der Waals surface area contributed by atoms with Gasteiger partial charge in [-0.1, -0.05) is 31.4 Å². The quantitative estimate of drug-likeness (QED) is 0.399. The summed E-state index contributed by atoms with van der Waals surface area (Å²) in [5.74, 6) is 5.15. The van der Waals surface area contributed by atoms with E-state index < -0.39 is 0 Å². The molecule has 4 saturated carbocycles. The Morgan fingerprint density at radius 2 is 1.58 bits per heavy atom. The molecule has 4 bridgehead atoms. The van der Waals surface area contributed by atoms with E-state index in [2.05, 4.69) is 19.1 Å². The van der Waals surface area contributed by atoms with E-state index in [4.69, 9.17) is 4.74 Å². The highest BCUT2D eigenvalue weighted by molar-refractivity contribution is 5.74. The fraction of sp³-hybridized carbons (Fsp3) is 0.864. The van der Waals surface area contributed by atoms with Crippen molar-refractivity contribution in [2.24, 2.45) is 41.4 Å². The Balaban J connectivity index is 1.28. The first-order chi connectivity index (χ1) is 11.6. The van der Waals surface area contributed by atoms with E-state index in [0.717, 1.165) is 48.9 Å². The van der Waals surface area contributed by atoms with Gasteiger partial charge in [0.2, 0.25) is 0 Å². The van der Waals surface area contributed by atoms with Gasteiger partial charge in [0.15, 0.2) is 0 Å². The molecule has 0 aromatic heterocycles. The molecule has 0 saturated heterocycles. The maximum absolute atomic E-state index is 13.1. The first-order valence-electron chi connectivity index (χ1n) is 10.6. The first kappa shape index (κ1) is 15.5. The number of hydrogen-bond acceptors (Lipinski definition) is 2. The third kappa shape index (κ3) is 2.31. The van der Waals surface area contributed by atoms with Crippen LogP contribution in [0.4, 0.5) is 0 Å². The summed E-state index contributed by atoms with van der Waals surface area (Å²) in [6, 6.07) is 0. The minimum absolute atomic E-state index is 0.163. The van der Waals surface area contributed by atoms with Gasteiger partial charge >= 0.3 is 5.97 Å². The minimum atomic E-state index is -0.187. The maximum atomic E-state index is 13.1. The summed E-state index contributed by atoms with van der Waals surface area (Å²) in [7, 11) is 0. The number of hydrogen-bond donors (Lipinski definition) is 0. The average Bonchev–Trinajstić information content (AvgIpc) is 3.28. The largest absolute Gasteiger partial charge is 0.459 e. The number of allylic oxidation sites excluding steroid dienone is 2. The molecule has 0 aromatic carbocycles. The Kier molecular flexibility index (Phi) is 3.61. The van der Waals surface area contributed by atoms with Crippen LogP contribution in [-0.4, -0.2) is 11.6 Å². The van der Waals surface area contributed by atoms with Gasteiger partial charge < -0.3 is 4.74 Å². The zero-order valence-electron chi connectivity index (χ0n) is 15.1. The molecule has 0 aliphatic heterocycles. The van der Waals surface area contributed by atoms with E-state index in [1.54, 1.807) is 0 Å². The van der Waals surface area contributed by atoms with Crippen LogP contribution in [0.1, 0.15) is 71.1 Å². The molecule has 24 heavy (non-hydrogen) atoms. The zero-order chi connectivity index (χ0) is 16.3. The van der Waals surface area contributed by atoms with Gasteiger partial charge in [-0.25, -0.2) is 0 Å². The third-order valence-corrected chi connectivity index (χ3v) is 8.33. The molecule has 0 N–H and O–H groups in total. The molecule has 5 rings (SSSR count). The average molecular weight is 328 g/mol. The van der Waals surface area contributed by atoms with Crippen molar-refractivity contribution in [3.63, 3.8) is 0 Å². The molecule has 2 nitrogen and oxygen atoms in total. The second-order valence-corrected chi connectivity index (χ2v) is 9.74. The second-order valence-electron chi connectivity index (χ2n) is 9.74. The van der Waals surface area contributed by atoms with Crippen molar-refractivity contribution in [3.05, 3.63) is 12.2 Å². The van der Waals surface area contributed by atoms with Crippen LogP contribution < -0.4 is 0 Å². The number of fused-ring (bicyclic) bond motifs is 9. The van der Waals surface area contributed by atoms with Crippen molar-refractivity contribution in [1.29, 1.82) is 0 Å². The highest BCUT2D eigenvalue weighted by atomic mass is 16.6. The monoisotopic (exact) mass is 328 g/mol. The van der Waals surface area contributed by atoms with E-state index in [-0.39, 0.29) is 17.5 Å².